The lowest BCUT2D eigenvalue weighted by atomic mass is 10.1. The minimum Gasteiger partial charge on any atom is -0.496 e. The van der Waals surface area contributed by atoms with Crippen molar-refractivity contribution in [2.45, 2.75) is 10.1 Å². The highest BCUT2D eigenvalue weighted by molar-refractivity contribution is 8.00. The second-order valence-corrected chi connectivity index (χ2v) is 13.2. The van der Waals surface area contributed by atoms with Crippen LogP contribution < -0.4 is 30.2 Å². The highest BCUT2D eigenvalue weighted by atomic mass is 32.2. The Bertz CT molecular complexity index is 2290. The highest BCUT2D eigenvalue weighted by Crippen LogP contribution is 2.38. The lowest BCUT2D eigenvalue weighted by molar-refractivity contribution is -0.116. The van der Waals surface area contributed by atoms with Crippen LogP contribution in [-0.4, -0.2) is 38.0 Å². The second kappa shape index (κ2) is 16.7. The Kier molecular flexibility index (Phi) is 11.1. The molecule has 1 aliphatic heterocycles. The van der Waals surface area contributed by atoms with Gasteiger partial charge in [-0.05, 0) is 78.4 Å². The summed E-state index contributed by atoms with van der Waals surface area (Å²) in [5, 5.41) is 8.05. The van der Waals surface area contributed by atoms with E-state index in [1.54, 1.807) is 79.9 Å². The molecule has 1 atom stereocenters. The Labute approximate surface area is 316 Å². The van der Waals surface area contributed by atoms with Crippen LogP contribution in [0.15, 0.2) is 155 Å². The average molecular weight is 738 g/mol. The number of thioether (sulfide) groups is 1. The van der Waals surface area contributed by atoms with Gasteiger partial charge in [0.15, 0.2) is 11.5 Å². The summed E-state index contributed by atoms with van der Waals surface area (Å²) in [7, 11) is 1.58. The fraction of sp³-hybridized carbons (Fsp3) is 0.0930. The van der Waals surface area contributed by atoms with Crippen molar-refractivity contribution in [3.05, 3.63) is 162 Å². The molecule has 3 N–H and O–H groups in total. The molecule has 0 bridgehead atoms. The third-order valence-electron chi connectivity index (χ3n) is 8.33. The van der Waals surface area contributed by atoms with Crippen molar-refractivity contribution in [1.82, 2.24) is 5.32 Å². The first-order valence-electron chi connectivity index (χ1n) is 17.1. The van der Waals surface area contributed by atoms with E-state index in [0.717, 1.165) is 16.0 Å². The van der Waals surface area contributed by atoms with Gasteiger partial charge in [-0.2, -0.15) is 0 Å². The van der Waals surface area contributed by atoms with Crippen LogP contribution >= 0.6 is 11.8 Å². The molecule has 10 nitrogen and oxygen atoms in total. The molecule has 1 aromatic heterocycles. The maximum Gasteiger partial charge on any atom is 0.272 e. The quantitative estimate of drug-likeness (QED) is 0.0842. The fourth-order valence-electron chi connectivity index (χ4n) is 5.69. The number of hydrogen-bond acceptors (Lipinski definition) is 8. The van der Waals surface area contributed by atoms with E-state index in [-0.39, 0.29) is 11.6 Å². The minimum atomic E-state index is -0.586. The van der Waals surface area contributed by atoms with E-state index in [1.807, 2.05) is 66.7 Å². The van der Waals surface area contributed by atoms with Gasteiger partial charge in [0, 0.05) is 34.0 Å². The zero-order valence-corrected chi connectivity index (χ0v) is 29.9. The summed E-state index contributed by atoms with van der Waals surface area (Å²) in [6.07, 6.45) is 1.48. The van der Waals surface area contributed by atoms with Gasteiger partial charge in [-0.25, -0.2) is 0 Å². The fourth-order valence-corrected chi connectivity index (χ4v) is 6.71. The Morgan fingerprint density at radius 2 is 1.41 bits per heavy atom. The summed E-state index contributed by atoms with van der Waals surface area (Å²) in [6, 6.07) is 41.5. The normalized spacial score (nSPS) is 12.6. The zero-order chi connectivity index (χ0) is 37.3. The van der Waals surface area contributed by atoms with Crippen LogP contribution in [0.1, 0.15) is 26.9 Å². The van der Waals surface area contributed by atoms with Crippen LogP contribution in [0.2, 0.25) is 0 Å². The smallest absolute Gasteiger partial charge is 0.272 e. The van der Waals surface area contributed by atoms with Crippen LogP contribution in [0, 0.1) is 0 Å². The molecule has 7 rings (SSSR count). The molecule has 2 heterocycles. The van der Waals surface area contributed by atoms with Gasteiger partial charge >= 0.3 is 0 Å². The summed E-state index contributed by atoms with van der Waals surface area (Å²) in [5.74, 6) is 1.52. The van der Waals surface area contributed by atoms with E-state index in [9.17, 15) is 14.4 Å². The standard InChI is InChI=1S/C43H35N3O7S/c1-50-36-15-9-8-14-34(36)37-23-19-32(53-37)27-35(46-41(47)29-12-6-3-7-13-29)42(48)44-30-16-20-33(21-17-30)54-40(28-10-4-2-5-11-28)43(49)45-31-18-22-38-39(26-31)52-25-24-51-38/h2-23,26-27,40H,24-25H2,1H3,(H,44,48)(H,45,49)(H,46,47)/b35-27+. The first kappa shape index (κ1) is 35.7. The second-order valence-electron chi connectivity index (χ2n) is 12.0. The molecule has 5 aromatic carbocycles. The molecule has 0 saturated heterocycles. The number of rotatable bonds is 12. The molecule has 11 heteroatoms. The molecule has 0 aliphatic carbocycles. The molecule has 270 valence electrons. The molecule has 0 radical (unpaired) electrons. The lowest BCUT2D eigenvalue weighted by Gasteiger charge is -2.20. The minimum absolute atomic E-state index is 0.0248. The van der Waals surface area contributed by atoms with Crippen molar-refractivity contribution >= 4 is 46.9 Å². The van der Waals surface area contributed by atoms with E-state index in [4.69, 9.17) is 18.6 Å². The van der Waals surface area contributed by atoms with Crippen molar-refractivity contribution in [1.29, 1.82) is 0 Å². The molecule has 6 aromatic rings. The number of hydrogen-bond donors (Lipinski definition) is 3. The number of para-hydroxylation sites is 1. The Balaban J connectivity index is 1.09. The number of ether oxygens (including phenoxy) is 3. The number of fused-ring (bicyclic) bond motifs is 1. The van der Waals surface area contributed by atoms with Gasteiger partial charge in [0.05, 0.1) is 12.7 Å². The van der Waals surface area contributed by atoms with E-state index in [0.29, 0.717) is 58.9 Å². The van der Waals surface area contributed by atoms with Crippen molar-refractivity contribution in [3.63, 3.8) is 0 Å². The number of methoxy groups -OCH3 is 1. The largest absolute Gasteiger partial charge is 0.496 e. The van der Waals surface area contributed by atoms with Crippen molar-refractivity contribution < 1.29 is 33.0 Å². The molecule has 0 fully saturated rings. The van der Waals surface area contributed by atoms with Gasteiger partial charge in [0.1, 0.15) is 41.4 Å². The van der Waals surface area contributed by atoms with Gasteiger partial charge in [0.25, 0.3) is 11.8 Å². The maximum absolute atomic E-state index is 13.7. The summed E-state index contributed by atoms with van der Waals surface area (Å²) >= 11 is 1.37. The number of benzene rings is 5. The summed E-state index contributed by atoms with van der Waals surface area (Å²) < 4.78 is 22.8. The first-order chi connectivity index (χ1) is 26.4. The predicted molar refractivity (Wildman–Crippen MR) is 209 cm³/mol. The van der Waals surface area contributed by atoms with E-state index in [2.05, 4.69) is 16.0 Å². The van der Waals surface area contributed by atoms with Gasteiger partial charge < -0.3 is 34.6 Å². The number of amides is 3. The van der Waals surface area contributed by atoms with Crippen LogP contribution in [-0.2, 0) is 9.59 Å². The Morgan fingerprint density at radius 3 is 2.17 bits per heavy atom. The SMILES string of the molecule is COc1ccccc1-c1ccc(/C=C(/NC(=O)c2ccccc2)C(=O)Nc2ccc(SC(C(=O)Nc3ccc4c(c3)OCCO4)c3ccccc3)cc2)o1. The van der Waals surface area contributed by atoms with E-state index in [1.165, 1.54) is 17.8 Å². The summed E-state index contributed by atoms with van der Waals surface area (Å²) in [5.41, 5.74) is 3.01. The molecule has 54 heavy (non-hydrogen) atoms. The molecule has 1 unspecified atom stereocenters. The third-order valence-corrected chi connectivity index (χ3v) is 9.60. The van der Waals surface area contributed by atoms with Gasteiger partial charge in [0.2, 0.25) is 5.91 Å². The third kappa shape index (κ3) is 8.66. The Hall–Kier alpha value is -6.72. The number of furan rings is 1. The van der Waals surface area contributed by atoms with Gasteiger partial charge in [-0.1, -0.05) is 60.7 Å². The topological polar surface area (TPSA) is 128 Å². The molecule has 0 saturated carbocycles. The van der Waals surface area contributed by atoms with Gasteiger partial charge in [-0.3, -0.25) is 14.4 Å². The van der Waals surface area contributed by atoms with Crippen molar-refractivity contribution in [2.24, 2.45) is 0 Å². The van der Waals surface area contributed by atoms with Crippen LogP contribution in [0.3, 0.4) is 0 Å². The van der Waals surface area contributed by atoms with Gasteiger partial charge in [-0.15, -0.1) is 11.8 Å². The number of nitrogens with one attached hydrogen (secondary N) is 3. The Morgan fingerprint density at radius 1 is 0.722 bits per heavy atom. The van der Waals surface area contributed by atoms with Crippen LogP contribution in [0.25, 0.3) is 17.4 Å². The van der Waals surface area contributed by atoms with Crippen molar-refractivity contribution in [3.8, 4) is 28.6 Å². The molecule has 0 spiro atoms. The van der Waals surface area contributed by atoms with Crippen molar-refractivity contribution in [2.75, 3.05) is 31.0 Å². The van der Waals surface area contributed by atoms with Crippen LogP contribution in [0.5, 0.6) is 17.2 Å². The number of carbonyl (C=O) groups excluding carboxylic acids is 3. The molecule has 1 aliphatic rings. The van der Waals surface area contributed by atoms with Crippen LogP contribution in [0.4, 0.5) is 11.4 Å². The predicted octanol–water partition coefficient (Wildman–Crippen LogP) is 8.61. The summed E-state index contributed by atoms with van der Waals surface area (Å²) in [4.78, 5) is 41.4. The monoisotopic (exact) mass is 737 g/mol. The zero-order valence-electron chi connectivity index (χ0n) is 29.1. The lowest BCUT2D eigenvalue weighted by Crippen LogP contribution is -2.30. The van der Waals surface area contributed by atoms with E-state index >= 15 is 0 Å². The number of carbonyl (C=O) groups is 3. The highest BCUT2D eigenvalue weighted by Gasteiger charge is 2.24. The molecular weight excluding hydrogens is 703 g/mol. The maximum atomic E-state index is 13.7. The first-order valence-corrected chi connectivity index (χ1v) is 18.0. The van der Waals surface area contributed by atoms with E-state index < -0.39 is 17.1 Å². The average Bonchev–Trinajstić information content (AvgIpc) is 3.69. The molecular formula is C43H35N3O7S. The number of anilines is 2. The summed E-state index contributed by atoms with van der Waals surface area (Å²) in [6.45, 7) is 0.923. The molecule has 3 amide bonds.